The zero-order chi connectivity index (χ0) is 20.2. The van der Waals surface area contributed by atoms with Gasteiger partial charge in [-0.1, -0.05) is 18.2 Å². The number of rotatable bonds is 8. The van der Waals surface area contributed by atoms with Gasteiger partial charge in [0.15, 0.2) is 0 Å². The van der Waals surface area contributed by atoms with Gasteiger partial charge in [0.2, 0.25) is 5.91 Å². The maximum absolute atomic E-state index is 12.9. The van der Waals surface area contributed by atoms with Crippen LogP contribution in [0.5, 0.6) is 0 Å². The van der Waals surface area contributed by atoms with E-state index >= 15 is 0 Å². The summed E-state index contributed by atoms with van der Waals surface area (Å²) < 4.78 is 0. The molecule has 2 N–H and O–H groups in total. The molecule has 4 aromatic rings. The van der Waals surface area contributed by atoms with E-state index in [2.05, 4.69) is 27.6 Å². The first-order valence-corrected chi connectivity index (χ1v) is 12.5. The number of aromatic amines is 1. The van der Waals surface area contributed by atoms with Gasteiger partial charge in [-0.05, 0) is 48.9 Å². The Hall–Kier alpha value is -2.16. The second kappa shape index (κ2) is 9.11. The van der Waals surface area contributed by atoms with Gasteiger partial charge in [-0.15, -0.1) is 22.7 Å². The first kappa shape index (κ1) is 20.1. The molecule has 0 spiro atoms. The van der Waals surface area contributed by atoms with E-state index in [1.807, 2.05) is 42.6 Å². The van der Waals surface area contributed by atoms with Crippen LogP contribution in [0.3, 0.4) is 0 Å². The van der Waals surface area contributed by atoms with E-state index in [4.69, 9.17) is 4.98 Å². The molecule has 0 aliphatic heterocycles. The van der Waals surface area contributed by atoms with E-state index in [-0.39, 0.29) is 11.9 Å². The Labute approximate surface area is 182 Å². The van der Waals surface area contributed by atoms with E-state index in [1.165, 1.54) is 0 Å². The first-order valence-electron chi connectivity index (χ1n) is 9.37. The van der Waals surface area contributed by atoms with Crippen LogP contribution in [0.25, 0.3) is 21.6 Å². The number of thiazole rings is 1. The lowest BCUT2D eigenvalue weighted by Gasteiger charge is -2.16. The van der Waals surface area contributed by atoms with Crippen LogP contribution < -0.4 is 5.32 Å². The fraction of sp³-hybridized carbons (Fsp3) is 0.286. The van der Waals surface area contributed by atoms with Gasteiger partial charge in [-0.25, -0.2) is 9.97 Å². The second-order valence-corrected chi connectivity index (χ2v) is 9.92. The summed E-state index contributed by atoms with van der Waals surface area (Å²) in [7, 11) is 0. The van der Waals surface area contributed by atoms with E-state index in [1.54, 1.807) is 34.4 Å². The average Bonchev–Trinajstić information content (AvgIpc) is 3.44. The minimum Gasteiger partial charge on any atom is -0.346 e. The topological polar surface area (TPSA) is 70.7 Å². The highest BCUT2D eigenvalue weighted by Gasteiger charge is 2.21. The molecule has 3 heterocycles. The number of nitrogens with one attached hydrogen (secondary N) is 2. The number of fused-ring (bicyclic) bond motifs is 1. The Morgan fingerprint density at radius 1 is 1.24 bits per heavy atom. The molecule has 3 aromatic heterocycles. The largest absolute Gasteiger partial charge is 0.346 e. The van der Waals surface area contributed by atoms with Crippen molar-refractivity contribution in [3.8, 4) is 10.6 Å². The number of aryl methyl sites for hydroxylation is 1. The monoisotopic (exact) mass is 442 g/mol. The molecule has 0 unspecified atom stereocenters. The maximum atomic E-state index is 12.9. The number of thioether (sulfide) groups is 1. The molecule has 0 aliphatic rings. The van der Waals surface area contributed by atoms with Gasteiger partial charge < -0.3 is 10.3 Å². The summed E-state index contributed by atoms with van der Waals surface area (Å²) in [6, 6.07) is 11.9. The lowest BCUT2D eigenvalue weighted by molar-refractivity contribution is -0.121. The Morgan fingerprint density at radius 3 is 2.86 bits per heavy atom. The molecule has 1 aromatic carbocycles. The van der Waals surface area contributed by atoms with Crippen molar-refractivity contribution in [3.63, 3.8) is 0 Å². The molecule has 4 rings (SSSR count). The number of H-pyrrole nitrogens is 1. The molecule has 0 aliphatic carbocycles. The number of amides is 1. The molecule has 1 atom stereocenters. The summed E-state index contributed by atoms with van der Waals surface area (Å²) >= 11 is 5.01. The molecular weight excluding hydrogens is 420 g/mol. The van der Waals surface area contributed by atoms with Gasteiger partial charge in [-0.3, -0.25) is 4.79 Å². The van der Waals surface area contributed by atoms with Crippen LogP contribution >= 0.6 is 34.4 Å². The van der Waals surface area contributed by atoms with Crippen molar-refractivity contribution in [1.82, 2.24) is 20.3 Å². The van der Waals surface area contributed by atoms with Gasteiger partial charge in [0.25, 0.3) is 0 Å². The van der Waals surface area contributed by atoms with Crippen LogP contribution in [0.1, 0.15) is 28.2 Å². The smallest absolute Gasteiger partial charge is 0.225 e. The quantitative estimate of drug-likeness (QED) is 0.393. The lowest BCUT2D eigenvalue weighted by Crippen LogP contribution is -2.31. The third kappa shape index (κ3) is 4.71. The fourth-order valence-electron chi connectivity index (χ4n) is 3.24. The average molecular weight is 443 g/mol. The van der Waals surface area contributed by atoms with Gasteiger partial charge in [0.05, 0.1) is 39.1 Å². The van der Waals surface area contributed by atoms with Gasteiger partial charge in [0.1, 0.15) is 5.82 Å². The third-order valence-corrected chi connectivity index (χ3v) is 7.05. The number of hydrogen-bond donors (Lipinski definition) is 2. The number of benzene rings is 1. The van der Waals surface area contributed by atoms with E-state index in [0.717, 1.165) is 49.5 Å². The van der Waals surface area contributed by atoms with Crippen LogP contribution in [0.4, 0.5) is 0 Å². The Kier molecular flexibility index (Phi) is 6.32. The molecular formula is C21H22N4OS3. The van der Waals surface area contributed by atoms with Crippen molar-refractivity contribution in [2.75, 3.05) is 12.0 Å². The predicted molar refractivity (Wildman–Crippen MR) is 124 cm³/mol. The summed E-state index contributed by atoms with van der Waals surface area (Å²) in [4.78, 5) is 27.8. The molecule has 0 radical (unpaired) electrons. The molecule has 0 saturated carbocycles. The van der Waals surface area contributed by atoms with Gasteiger partial charge in [-0.2, -0.15) is 11.8 Å². The van der Waals surface area contributed by atoms with Gasteiger partial charge >= 0.3 is 0 Å². The summed E-state index contributed by atoms with van der Waals surface area (Å²) in [6.07, 6.45) is 3.23. The molecule has 0 fully saturated rings. The second-order valence-electron chi connectivity index (χ2n) is 6.70. The van der Waals surface area contributed by atoms with Crippen LogP contribution in [-0.2, 0) is 11.2 Å². The minimum absolute atomic E-state index is 0.00184. The normalized spacial score (nSPS) is 12.3. The number of nitrogens with zero attached hydrogens (tertiary/aromatic N) is 2. The molecule has 5 nitrogen and oxygen atoms in total. The summed E-state index contributed by atoms with van der Waals surface area (Å²) in [5, 5.41) is 6.21. The van der Waals surface area contributed by atoms with Crippen molar-refractivity contribution in [1.29, 1.82) is 0 Å². The molecule has 8 heteroatoms. The highest BCUT2D eigenvalue weighted by molar-refractivity contribution is 7.98. The predicted octanol–water partition coefficient (Wildman–Crippen LogP) is 5.21. The van der Waals surface area contributed by atoms with E-state index < -0.39 is 0 Å². The molecule has 29 heavy (non-hydrogen) atoms. The molecule has 0 saturated heterocycles. The van der Waals surface area contributed by atoms with Gasteiger partial charge in [0, 0.05) is 4.88 Å². The molecule has 1 amide bonds. The number of thiophene rings is 1. The van der Waals surface area contributed by atoms with Crippen molar-refractivity contribution < 1.29 is 4.79 Å². The minimum atomic E-state index is -0.137. The van der Waals surface area contributed by atoms with Crippen molar-refractivity contribution in [2.24, 2.45) is 0 Å². The first-order chi connectivity index (χ1) is 14.1. The van der Waals surface area contributed by atoms with Crippen LogP contribution in [0.15, 0.2) is 41.8 Å². The number of imidazole rings is 1. The Balaban J connectivity index is 1.53. The number of aromatic nitrogens is 3. The van der Waals surface area contributed by atoms with E-state index in [9.17, 15) is 4.79 Å². The maximum Gasteiger partial charge on any atom is 0.225 e. The molecule has 150 valence electrons. The number of para-hydroxylation sites is 2. The van der Waals surface area contributed by atoms with Crippen LogP contribution in [0.2, 0.25) is 0 Å². The Bertz CT molecular complexity index is 1070. The van der Waals surface area contributed by atoms with Crippen LogP contribution in [-0.4, -0.2) is 32.9 Å². The number of carbonyl (C=O) groups is 1. The zero-order valence-electron chi connectivity index (χ0n) is 16.3. The number of hydrogen-bond acceptors (Lipinski definition) is 6. The lowest BCUT2D eigenvalue weighted by atomic mass is 10.2. The van der Waals surface area contributed by atoms with Crippen molar-refractivity contribution in [3.05, 3.63) is 57.5 Å². The number of carbonyl (C=O) groups excluding carboxylic acids is 1. The summed E-state index contributed by atoms with van der Waals surface area (Å²) in [5.41, 5.74) is 2.84. The van der Waals surface area contributed by atoms with Crippen LogP contribution in [0, 0.1) is 6.92 Å². The highest BCUT2D eigenvalue weighted by atomic mass is 32.2. The highest BCUT2D eigenvalue weighted by Crippen LogP contribution is 2.31. The van der Waals surface area contributed by atoms with E-state index in [0.29, 0.717) is 6.42 Å². The SMILES string of the molecule is CSCC[C@H](NC(=O)Cc1sc(C)nc1-c1cccs1)c1nc2ccccc2[nH]1. The zero-order valence-corrected chi connectivity index (χ0v) is 18.7. The molecule has 0 bridgehead atoms. The third-order valence-electron chi connectivity index (χ3n) is 4.56. The standard InChI is InChI=1S/C21H22N4OS3/c1-13-22-20(17-8-5-10-28-17)18(29-13)12-19(26)23-16(9-11-27-2)21-24-14-6-3-4-7-15(14)25-21/h3-8,10,16H,9,11-12H2,1-2H3,(H,23,26)(H,24,25)/t16-/m0/s1. The van der Waals surface area contributed by atoms with Crippen molar-refractivity contribution in [2.45, 2.75) is 25.8 Å². The van der Waals surface area contributed by atoms with Crippen molar-refractivity contribution >= 4 is 51.4 Å². The fourth-order valence-corrected chi connectivity index (χ4v) is 5.46. The summed E-state index contributed by atoms with van der Waals surface area (Å²) in [6.45, 7) is 1.98. The Morgan fingerprint density at radius 2 is 2.10 bits per heavy atom. The summed E-state index contributed by atoms with van der Waals surface area (Å²) in [5.74, 6) is 1.76.